The number of H-pyrrole nitrogens is 1. The summed E-state index contributed by atoms with van der Waals surface area (Å²) in [5.41, 5.74) is 4.69. The number of fused-ring (bicyclic) bond motifs is 3. The summed E-state index contributed by atoms with van der Waals surface area (Å²) < 4.78 is 0.732. The van der Waals surface area contributed by atoms with Gasteiger partial charge in [-0.25, -0.2) is 4.98 Å². The van der Waals surface area contributed by atoms with Gasteiger partial charge in [0.15, 0.2) is 0 Å². The van der Waals surface area contributed by atoms with Gasteiger partial charge in [-0.2, -0.15) is 0 Å². The predicted octanol–water partition coefficient (Wildman–Crippen LogP) is 1.94. The molecule has 0 radical (unpaired) electrons. The van der Waals surface area contributed by atoms with E-state index >= 15 is 0 Å². The lowest BCUT2D eigenvalue weighted by Crippen LogP contribution is -2.11. The number of aryl methyl sites for hydroxylation is 1. The van der Waals surface area contributed by atoms with Gasteiger partial charge in [-0.05, 0) is 12.8 Å². The van der Waals surface area contributed by atoms with Crippen LogP contribution in [0.3, 0.4) is 0 Å². The van der Waals surface area contributed by atoms with E-state index in [-0.39, 0.29) is 5.56 Å². The van der Waals surface area contributed by atoms with Gasteiger partial charge < -0.3 is 4.98 Å². The topological polar surface area (TPSA) is 45.8 Å². The molecular formula is C10H8N2OS. The highest BCUT2D eigenvalue weighted by Crippen LogP contribution is 2.24. The summed E-state index contributed by atoms with van der Waals surface area (Å²) in [7, 11) is 0. The van der Waals surface area contributed by atoms with Crippen molar-refractivity contribution in [2.75, 3.05) is 0 Å². The molecule has 70 valence electrons. The zero-order chi connectivity index (χ0) is 9.54. The molecule has 0 bridgehead atoms. The third-order valence-corrected chi connectivity index (χ3v) is 3.29. The minimum absolute atomic E-state index is 0.00319. The predicted molar refractivity (Wildman–Crippen MR) is 57.6 cm³/mol. The molecule has 0 amide bonds. The Kier molecular flexibility index (Phi) is 1.58. The van der Waals surface area contributed by atoms with E-state index < -0.39 is 0 Å². The molecule has 2 aromatic rings. The Hall–Kier alpha value is -1.42. The van der Waals surface area contributed by atoms with Gasteiger partial charge in [-0.3, -0.25) is 4.79 Å². The molecule has 1 N–H and O–H groups in total. The molecule has 2 heterocycles. The number of hydrogen-bond acceptors (Lipinski definition) is 3. The van der Waals surface area contributed by atoms with Crippen LogP contribution in [0.25, 0.3) is 16.3 Å². The fourth-order valence-corrected chi connectivity index (χ4v) is 2.50. The molecule has 0 fully saturated rings. The van der Waals surface area contributed by atoms with Crippen LogP contribution in [0, 0.1) is 0 Å². The largest absolute Gasteiger partial charge is 0.324 e. The lowest BCUT2D eigenvalue weighted by molar-refractivity contribution is 0.923. The first-order valence-corrected chi connectivity index (χ1v) is 5.39. The summed E-state index contributed by atoms with van der Waals surface area (Å²) in [5, 5.41) is 0. The summed E-state index contributed by atoms with van der Waals surface area (Å²) in [6.07, 6.45) is 6.09. The number of pyridine rings is 1. The summed E-state index contributed by atoms with van der Waals surface area (Å²) in [4.78, 5) is 18.8. The average molecular weight is 204 g/mol. The number of aromatic amines is 1. The second-order valence-corrected chi connectivity index (χ2v) is 4.17. The standard InChI is InChI=1S/C10H8N2OS/c13-10-9-8(11-5-14-9)6-3-1-2-4-7(6)12-10/h1,3,5H,2,4H2,(H,12,13). The molecule has 0 aromatic carbocycles. The molecule has 0 aliphatic heterocycles. The Morgan fingerprint density at radius 3 is 3.36 bits per heavy atom. The maximum atomic E-state index is 11.6. The van der Waals surface area contributed by atoms with Crippen LogP contribution in [0.2, 0.25) is 0 Å². The van der Waals surface area contributed by atoms with Crippen molar-refractivity contribution < 1.29 is 0 Å². The van der Waals surface area contributed by atoms with Crippen molar-refractivity contribution in [3.05, 3.63) is 33.2 Å². The Balaban J connectivity index is 2.52. The molecule has 0 saturated heterocycles. The minimum Gasteiger partial charge on any atom is -0.324 e. The van der Waals surface area contributed by atoms with Crippen molar-refractivity contribution in [2.24, 2.45) is 0 Å². The fraction of sp³-hybridized carbons (Fsp3) is 0.200. The molecule has 3 rings (SSSR count). The van der Waals surface area contributed by atoms with Crippen molar-refractivity contribution in [3.8, 4) is 0 Å². The molecule has 0 unspecified atom stereocenters. The third-order valence-electron chi connectivity index (χ3n) is 2.46. The molecule has 0 spiro atoms. The maximum absolute atomic E-state index is 11.6. The van der Waals surface area contributed by atoms with Crippen LogP contribution >= 0.6 is 11.3 Å². The number of allylic oxidation sites excluding steroid dienone is 1. The van der Waals surface area contributed by atoms with Gasteiger partial charge in [0.2, 0.25) is 0 Å². The van der Waals surface area contributed by atoms with E-state index in [0.717, 1.165) is 34.3 Å². The number of thiazole rings is 1. The van der Waals surface area contributed by atoms with Gasteiger partial charge in [0, 0.05) is 11.3 Å². The zero-order valence-electron chi connectivity index (χ0n) is 7.41. The van der Waals surface area contributed by atoms with Crippen LogP contribution in [0.4, 0.5) is 0 Å². The van der Waals surface area contributed by atoms with Crippen molar-refractivity contribution in [2.45, 2.75) is 12.8 Å². The van der Waals surface area contributed by atoms with Gasteiger partial charge in [-0.15, -0.1) is 11.3 Å². The summed E-state index contributed by atoms with van der Waals surface area (Å²) in [6.45, 7) is 0. The summed E-state index contributed by atoms with van der Waals surface area (Å²) >= 11 is 1.40. The summed E-state index contributed by atoms with van der Waals surface area (Å²) in [6, 6.07) is 0. The van der Waals surface area contributed by atoms with Crippen molar-refractivity contribution in [1.29, 1.82) is 0 Å². The van der Waals surface area contributed by atoms with Gasteiger partial charge >= 0.3 is 0 Å². The molecule has 4 heteroatoms. The molecule has 0 atom stereocenters. The summed E-state index contributed by atoms with van der Waals surface area (Å²) in [5.74, 6) is 0. The van der Waals surface area contributed by atoms with Gasteiger partial charge in [0.25, 0.3) is 5.56 Å². The van der Waals surface area contributed by atoms with Gasteiger partial charge in [0.05, 0.1) is 11.0 Å². The highest BCUT2D eigenvalue weighted by Gasteiger charge is 2.13. The van der Waals surface area contributed by atoms with Crippen LogP contribution in [0.15, 0.2) is 16.4 Å². The van der Waals surface area contributed by atoms with E-state index in [1.54, 1.807) is 5.51 Å². The molecule has 1 aliphatic rings. The SMILES string of the molecule is O=c1[nH]c2c(c3ncsc13)C=CCC2. The van der Waals surface area contributed by atoms with E-state index in [4.69, 9.17) is 0 Å². The first-order chi connectivity index (χ1) is 6.86. The molecule has 2 aromatic heterocycles. The zero-order valence-corrected chi connectivity index (χ0v) is 8.23. The van der Waals surface area contributed by atoms with Crippen LogP contribution in [-0.2, 0) is 6.42 Å². The first kappa shape index (κ1) is 7.94. The van der Waals surface area contributed by atoms with Gasteiger partial charge in [0.1, 0.15) is 4.70 Å². The van der Waals surface area contributed by atoms with E-state index in [2.05, 4.69) is 22.1 Å². The van der Waals surface area contributed by atoms with Crippen molar-refractivity contribution >= 4 is 27.6 Å². The highest BCUT2D eigenvalue weighted by atomic mass is 32.1. The van der Waals surface area contributed by atoms with E-state index in [9.17, 15) is 4.79 Å². The smallest absolute Gasteiger partial charge is 0.267 e. The van der Waals surface area contributed by atoms with Gasteiger partial charge in [-0.1, -0.05) is 12.2 Å². The number of nitrogens with one attached hydrogen (secondary N) is 1. The van der Waals surface area contributed by atoms with Crippen molar-refractivity contribution in [1.82, 2.24) is 9.97 Å². The Labute approximate surface area is 84.1 Å². The lowest BCUT2D eigenvalue weighted by Gasteiger charge is -2.09. The van der Waals surface area contributed by atoms with E-state index in [1.807, 2.05) is 0 Å². The van der Waals surface area contributed by atoms with Crippen LogP contribution in [-0.4, -0.2) is 9.97 Å². The van der Waals surface area contributed by atoms with E-state index in [0.29, 0.717) is 0 Å². The number of aromatic nitrogens is 2. The Bertz CT molecular complexity index is 579. The number of rotatable bonds is 0. The maximum Gasteiger partial charge on any atom is 0.267 e. The lowest BCUT2D eigenvalue weighted by atomic mass is 10.0. The molecular weight excluding hydrogens is 196 g/mol. The highest BCUT2D eigenvalue weighted by molar-refractivity contribution is 7.16. The van der Waals surface area contributed by atoms with Crippen molar-refractivity contribution in [3.63, 3.8) is 0 Å². The van der Waals surface area contributed by atoms with Crippen LogP contribution in [0.5, 0.6) is 0 Å². The fourth-order valence-electron chi connectivity index (χ4n) is 1.81. The van der Waals surface area contributed by atoms with E-state index in [1.165, 1.54) is 11.3 Å². The normalized spacial score (nSPS) is 14.6. The van der Waals surface area contributed by atoms with Crippen LogP contribution in [0.1, 0.15) is 17.7 Å². The molecule has 0 saturated carbocycles. The third kappa shape index (κ3) is 0.974. The first-order valence-electron chi connectivity index (χ1n) is 4.51. The van der Waals surface area contributed by atoms with Crippen LogP contribution < -0.4 is 5.56 Å². The quantitative estimate of drug-likeness (QED) is 0.712. The average Bonchev–Trinajstić information content (AvgIpc) is 2.67. The Morgan fingerprint density at radius 1 is 1.50 bits per heavy atom. The second-order valence-electron chi connectivity index (χ2n) is 3.32. The molecule has 3 nitrogen and oxygen atoms in total. The number of nitrogens with zero attached hydrogens (tertiary/aromatic N) is 1. The second kappa shape index (κ2) is 2.78. The minimum atomic E-state index is -0.00319. The molecule has 14 heavy (non-hydrogen) atoms. The Morgan fingerprint density at radius 2 is 2.43 bits per heavy atom. The number of hydrogen-bond donors (Lipinski definition) is 1. The monoisotopic (exact) mass is 204 g/mol. The molecule has 1 aliphatic carbocycles.